The number of ether oxygens (including phenoxy) is 1. The summed E-state index contributed by atoms with van der Waals surface area (Å²) in [5.74, 6) is 0.733. The molecule has 2 aliphatic rings. The van der Waals surface area contributed by atoms with E-state index < -0.39 is 5.60 Å². The van der Waals surface area contributed by atoms with Crippen LogP contribution in [0.2, 0.25) is 10.2 Å². The van der Waals surface area contributed by atoms with Gasteiger partial charge in [0.1, 0.15) is 21.6 Å². The van der Waals surface area contributed by atoms with E-state index in [2.05, 4.69) is 19.9 Å². The first-order chi connectivity index (χ1) is 14.9. The van der Waals surface area contributed by atoms with Crippen LogP contribution >= 0.6 is 35.0 Å². The normalized spacial score (nSPS) is 22.5. The summed E-state index contributed by atoms with van der Waals surface area (Å²) >= 11 is 13.5. The summed E-state index contributed by atoms with van der Waals surface area (Å²) in [6.07, 6.45) is 6.29. The standard InChI is InChI=1S/C21H18Cl2FN5OS/c22-18-14(4-6-26-20(18)23)31-17-10-27-16(9-28-17)29-7-5-21(15(25)11-29)8-12-2-1-3-13(24)19(12)30-21/h1-4,6,9-10,15H,5,7-8,11,25H2. The molecule has 31 heavy (non-hydrogen) atoms. The highest BCUT2D eigenvalue weighted by molar-refractivity contribution is 7.99. The Kier molecular flexibility index (Phi) is 5.42. The van der Waals surface area contributed by atoms with Gasteiger partial charge in [-0.15, -0.1) is 0 Å². The summed E-state index contributed by atoms with van der Waals surface area (Å²) in [6.45, 7) is 1.23. The third-order valence-electron chi connectivity index (χ3n) is 5.71. The largest absolute Gasteiger partial charge is 0.482 e. The summed E-state index contributed by atoms with van der Waals surface area (Å²) in [7, 11) is 0. The van der Waals surface area contributed by atoms with Crippen molar-refractivity contribution in [2.75, 3.05) is 18.0 Å². The third kappa shape index (κ3) is 3.82. The maximum atomic E-state index is 14.1. The molecule has 4 heterocycles. The molecule has 3 aromatic rings. The van der Waals surface area contributed by atoms with E-state index in [1.807, 2.05) is 6.07 Å². The quantitative estimate of drug-likeness (QED) is 0.560. The van der Waals surface area contributed by atoms with Crippen LogP contribution in [-0.2, 0) is 6.42 Å². The fourth-order valence-electron chi connectivity index (χ4n) is 4.05. The van der Waals surface area contributed by atoms with Crippen LogP contribution in [0.1, 0.15) is 12.0 Å². The monoisotopic (exact) mass is 477 g/mol. The Morgan fingerprint density at radius 2 is 2.06 bits per heavy atom. The van der Waals surface area contributed by atoms with Crippen molar-refractivity contribution in [3.05, 3.63) is 64.4 Å². The number of rotatable bonds is 3. The molecule has 10 heteroatoms. The highest BCUT2D eigenvalue weighted by Crippen LogP contribution is 2.42. The minimum absolute atomic E-state index is 0.253. The smallest absolute Gasteiger partial charge is 0.165 e. The number of anilines is 1. The van der Waals surface area contributed by atoms with Crippen LogP contribution in [-0.4, -0.2) is 39.7 Å². The number of aromatic nitrogens is 3. The molecule has 1 fully saturated rings. The second-order valence-corrected chi connectivity index (χ2v) is 9.40. The molecule has 0 saturated carbocycles. The van der Waals surface area contributed by atoms with Gasteiger partial charge >= 0.3 is 0 Å². The van der Waals surface area contributed by atoms with Crippen LogP contribution in [0.25, 0.3) is 0 Å². The first-order valence-electron chi connectivity index (χ1n) is 9.72. The molecule has 2 N–H and O–H groups in total. The summed E-state index contributed by atoms with van der Waals surface area (Å²) in [5.41, 5.74) is 6.81. The Hall–Kier alpha value is -2.13. The van der Waals surface area contributed by atoms with Crippen molar-refractivity contribution in [3.63, 3.8) is 0 Å². The Bertz CT molecular complexity index is 1140. The van der Waals surface area contributed by atoms with Gasteiger partial charge in [0.15, 0.2) is 11.6 Å². The number of para-hydroxylation sites is 1. The minimum atomic E-state index is -0.582. The van der Waals surface area contributed by atoms with E-state index in [1.54, 1.807) is 30.7 Å². The molecule has 5 rings (SSSR count). The van der Waals surface area contributed by atoms with Gasteiger partial charge < -0.3 is 15.4 Å². The Labute approximate surface area is 192 Å². The van der Waals surface area contributed by atoms with Gasteiger partial charge in [-0.25, -0.2) is 19.3 Å². The molecule has 0 aliphatic carbocycles. The Morgan fingerprint density at radius 1 is 1.19 bits per heavy atom. The number of hydrogen-bond donors (Lipinski definition) is 1. The van der Waals surface area contributed by atoms with Gasteiger partial charge in [-0.05, 0) is 12.1 Å². The summed E-state index contributed by atoms with van der Waals surface area (Å²) in [5, 5.41) is 1.33. The van der Waals surface area contributed by atoms with Crippen LogP contribution in [0.5, 0.6) is 5.75 Å². The molecule has 160 valence electrons. The fraction of sp³-hybridized carbons (Fsp3) is 0.286. The summed E-state index contributed by atoms with van der Waals surface area (Å²) in [4.78, 5) is 15.8. The van der Waals surface area contributed by atoms with Crippen LogP contribution in [0, 0.1) is 5.82 Å². The maximum Gasteiger partial charge on any atom is 0.165 e. The molecule has 2 atom stereocenters. The molecular formula is C21H18Cl2FN5OS. The molecule has 2 aromatic heterocycles. The molecule has 0 radical (unpaired) electrons. The van der Waals surface area contributed by atoms with Gasteiger partial charge in [0, 0.05) is 42.6 Å². The second-order valence-electron chi connectivity index (χ2n) is 7.60. The van der Waals surface area contributed by atoms with Crippen LogP contribution in [0.15, 0.2) is 52.8 Å². The lowest BCUT2D eigenvalue weighted by atomic mass is 9.83. The van der Waals surface area contributed by atoms with E-state index in [4.69, 9.17) is 33.7 Å². The first-order valence-corrected chi connectivity index (χ1v) is 11.3. The van der Waals surface area contributed by atoms with Crippen LogP contribution in [0.3, 0.4) is 0 Å². The fourth-order valence-corrected chi connectivity index (χ4v) is 5.24. The first kappa shape index (κ1) is 20.8. The van der Waals surface area contributed by atoms with Crippen molar-refractivity contribution < 1.29 is 9.13 Å². The molecule has 1 aromatic carbocycles. The lowest BCUT2D eigenvalue weighted by Crippen LogP contribution is -2.62. The zero-order valence-corrected chi connectivity index (χ0v) is 18.6. The van der Waals surface area contributed by atoms with E-state index >= 15 is 0 Å². The lowest BCUT2D eigenvalue weighted by molar-refractivity contribution is 0.0438. The summed E-state index contributed by atoms with van der Waals surface area (Å²) < 4.78 is 20.2. The lowest BCUT2D eigenvalue weighted by Gasteiger charge is -2.43. The molecule has 1 saturated heterocycles. The molecular weight excluding hydrogens is 460 g/mol. The average molecular weight is 478 g/mol. The van der Waals surface area contributed by atoms with Gasteiger partial charge in [-0.3, -0.25) is 0 Å². The molecule has 2 aliphatic heterocycles. The van der Waals surface area contributed by atoms with E-state index in [9.17, 15) is 4.39 Å². The van der Waals surface area contributed by atoms with E-state index in [1.165, 1.54) is 17.8 Å². The SMILES string of the molecule is NC1CN(c2cnc(Sc3ccnc(Cl)c3Cl)cn2)CCC12Cc1cccc(F)c1O2. The van der Waals surface area contributed by atoms with Gasteiger partial charge in [0.05, 0.1) is 23.5 Å². The van der Waals surface area contributed by atoms with Crippen molar-refractivity contribution in [1.82, 2.24) is 15.0 Å². The van der Waals surface area contributed by atoms with E-state index in [0.717, 1.165) is 16.3 Å². The number of nitrogens with zero attached hydrogens (tertiary/aromatic N) is 4. The zero-order chi connectivity index (χ0) is 21.6. The Balaban J connectivity index is 1.28. The molecule has 2 unspecified atom stereocenters. The molecule has 1 spiro atoms. The van der Waals surface area contributed by atoms with E-state index in [0.29, 0.717) is 41.7 Å². The number of hydrogen-bond acceptors (Lipinski definition) is 7. The summed E-state index contributed by atoms with van der Waals surface area (Å²) in [6, 6.07) is 6.51. The predicted octanol–water partition coefficient (Wildman–Crippen LogP) is 4.38. The second kappa shape index (κ2) is 8.09. The topological polar surface area (TPSA) is 77.2 Å². The van der Waals surface area contributed by atoms with Crippen molar-refractivity contribution >= 4 is 40.8 Å². The molecule has 0 amide bonds. The number of nitrogens with two attached hydrogens (primary N) is 1. The van der Waals surface area contributed by atoms with Crippen molar-refractivity contribution in [2.24, 2.45) is 5.73 Å². The van der Waals surface area contributed by atoms with Gasteiger partial charge in [-0.1, -0.05) is 47.1 Å². The van der Waals surface area contributed by atoms with Crippen LogP contribution < -0.4 is 15.4 Å². The van der Waals surface area contributed by atoms with Crippen molar-refractivity contribution in [2.45, 2.75) is 34.4 Å². The maximum absolute atomic E-state index is 14.1. The van der Waals surface area contributed by atoms with E-state index in [-0.39, 0.29) is 17.0 Å². The van der Waals surface area contributed by atoms with Crippen molar-refractivity contribution in [3.8, 4) is 5.75 Å². The van der Waals surface area contributed by atoms with Gasteiger partial charge in [0.2, 0.25) is 0 Å². The minimum Gasteiger partial charge on any atom is -0.482 e. The zero-order valence-electron chi connectivity index (χ0n) is 16.3. The van der Waals surface area contributed by atoms with Crippen molar-refractivity contribution in [1.29, 1.82) is 0 Å². The highest BCUT2D eigenvalue weighted by Gasteiger charge is 2.48. The molecule has 6 nitrogen and oxygen atoms in total. The predicted molar refractivity (Wildman–Crippen MR) is 119 cm³/mol. The highest BCUT2D eigenvalue weighted by atomic mass is 35.5. The number of fused-ring (bicyclic) bond motifs is 1. The Morgan fingerprint density at radius 3 is 2.81 bits per heavy atom. The number of halogens is 3. The van der Waals surface area contributed by atoms with Crippen LogP contribution in [0.4, 0.5) is 10.2 Å². The third-order valence-corrected chi connectivity index (χ3v) is 7.56. The number of benzene rings is 1. The molecule has 0 bridgehead atoms. The average Bonchev–Trinajstić information content (AvgIpc) is 3.15. The van der Waals surface area contributed by atoms with Gasteiger partial charge in [0.25, 0.3) is 0 Å². The number of piperidine rings is 1. The number of pyridine rings is 1. The van der Waals surface area contributed by atoms with Gasteiger partial charge in [-0.2, -0.15) is 0 Å².